The lowest BCUT2D eigenvalue weighted by Crippen LogP contribution is -2.41. The molecule has 0 radical (unpaired) electrons. The van der Waals surface area contributed by atoms with Crippen LogP contribution in [0.5, 0.6) is 0 Å². The van der Waals surface area contributed by atoms with E-state index in [2.05, 4.69) is 32.8 Å². The molecule has 0 bridgehead atoms. The molecule has 0 aliphatic rings. The molecule has 6 heteroatoms. The Morgan fingerprint density at radius 2 is 1.71 bits per heavy atom. The van der Waals surface area contributed by atoms with Crippen molar-refractivity contribution in [1.29, 1.82) is 0 Å². The van der Waals surface area contributed by atoms with Crippen molar-refractivity contribution in [2.24, 2.45) is 0 Å². The van der Waals surface area contributed by atoms with Gasteiger partial charge in [0.1, 0.15) is 18.0 Å². The van der Waals surface area contributed by atoms with E-state index in [4.69, 9.17) is 0 Å². The quantitative estimate of drug-likeness (QED) is 0.719. The van der Waals surface area contributed by atoms with Crippen LogP contribution in [0.2, 0.25) is 0 Å². The molecule has 0 spiro atoms. The second-order valence-corrected chi connectivity index (χ2v) is 6.10. The van der Waals surface area contributed by atoms with Crippen LogP contribution in [-0.4, -0.2) is 34.5 Å². The lowest BCUT2D eigenvalue weighted by molar-refractivity contribution is -0.122. The second kappa shape index (κ2) is 7.81. The zero-order valence-corrected chi connectivity index (χ0v) is 13.7. The lowest BCUT2D eigenvalue weighted by atomic mass is 10.1. The van der Waals surface area contributed by atoms with Crippen LogP contribution in [0.25, 0.3) is 0 Å². The standard InChI is InChI=1S/C15H27N5O/c1-6-8-16-13-11(2)14(19-10-18-13)17-9-7-12(21)20-15(3,4)5/h10H,6-9H2,1-5H3,(H,20,21)(H2,16,17,18,19). The minimum atomic E-state index is -0.195. The molecular formula is C15H27N5O. The molecule has 118 valence electrons. The predicted octanol–water partition coefficient (Wildman–Crippen LogP) is 2.32. The number of carbonyl (C=O) groups is 1. The molecule has 0 atom stereocenters. The number of anilines is 2. The van der Waals surface area contributed by atoms with Gasteiger partial charge in [-0.05, 0) is 34.1 Å². The van der Waals surface area contributed by atoms with Gasteiger partial charge in [-0.2, -0.15) is 0 Å². The van der Waals surface area contributed by atoms with Gasteiger partial charge >= 0.3 is 0 Å². The smallest absolute Gasteiger partial charge is 0.222 e. The summed E-state index contributed by atoms with van der Waals surface area (Å²) in [5, 5.41) is 9.39. The van der Waals surface area contributed by atoms with E-state index in [1.807, 2.05) is 27.7 Å². The Labute approximate surface area is 127 Å². The minimum absolute atomic E-state index is 0.0334. The van der Waals surface area contributed by atoms with Crippen LogP contribution in [0.1, 0.15) is 46.1 Å². The lowest BCUT2D eigenvalue weighted by Gasteiger charge is -2.20. The normalized spacial score (nSPS) is 11.1. The van der Waals surface area contributed by atoms with E-state index >= 15 is 0 Å². The summed E-state index contributed by atoms with van der Waals surface area (Å²) in [5.74, 6) is 1.65. The van der Waals surface area contributed by atoms with Crippen LogP contribution >= 0.6 is 0 Å². The summed E-state index contributed by atoms with van der Waals surface area (Å²) >= 11 is 0. The van der Waals surface area contributed by atoms with Crippen LogP contribution in [-0.2, 0) is 4.79 Å². The maximum absolute atomic E-state index is 11.7. The van der Waals surface area contributed by atoms with Crippen molar-refractivity contribution in [2.45, 2.75) is 53.0 Å². The van der Waals surface area contributed by atoms with Crippen molar-refractivity contribution < 1.29 is 4.79 Å². The Hall–Kier alpha value is -1.85. The van der Waals surface area contributed by atoms with Gasteiger partial charge in [-0.25, -0.2) is 9.97 Å². The van der Waals surface area contributed by atoms with E-state index in [1.54, 1.807) is 0 Å². The van der Waals surface area contributed by atoms with E-state index in [-0.39, 0.29) is 11.4 Å². The van der Waals surface area contributed by atoms with E-state index in [0.717, 1.165) is 30.2 Å². The predicted molar refractivity (Wildman–Crippen MR) is 86.6 cm³/mol. The van der Waals surface area contributed by atoms with E-state index in [1.165, 1.54) is 6.33 Å². The van der Waals surface area contributed by atoms with E-state index < -0.39 is 0 Å². The number of aromatic nitrogens is 2. The molecule has 6 nitrogen and oxygen atoms in total. The summed E-state index contributed by atoms with van der Waals surface area (Å²) in [6, 6.07) is 0. The highest BCUT2D eigenvalue weighted by atomic mass is 16.1. The van der Waals surface area contributed by atoms with Crippen LogP contribution in [0.3, 0.4) is 0 Å². The molecule has 0 saturated carbocycles. The fourth-order valence-electron chi connectivity index (χ4n) is 1.83. The van der Waals surface area contributed by atoms with Gasteiger partial charge in [0.2, 0.25) is 5.91 Å². The summed E-state index contributed by atoms with van der Waals surface area (Å²) in [6.07, 6.45) is 2.99. The maximum atomic E-state index is 11.7. The van der Waals surface area contributed by atoms with Crippen LogP contribution in [0.15, 0.2) is 6.33 Å². The first kappa shape index (κ1) is 17.2. The Balaban J connectivity index is 2.50. The van der Waals surface area contributed by atoms with Gasteiger partial charge in [-0.15, -0.1) is 0 Å². The van der Waals surface area contributed by atoms with Crippen LogP contribution < -0.4 is 16.0 Å². The van der Waals surface area contributed by atoms with Crippen LogP contribution in [0.4, 0.5) is 11.6 Å². The fraction of sp³-hybridized carbons (Fsp3) is 0.667. The average molecular weight is 293 g/mol. The maximum Gasteiger partial charge on any atom is 0.222 e. The Morgan fingerprint density at radius 1 is 1.14 bits per heavy atom. The van der Waals surface area contributed by atoms with Crippen molar-refractivity contribution >= 4 is 17.5 Å². The topological polar surface area (TPSA) is 78.9 Å². The van der Waals surface area contributed by atoms with Gasteiger partial charge < -0.3 is 16.0 Å². The van der Waals surface area contributed by atoms with Crippen molar-refractivity contribution in [3.8, 4) is 0 Å². The Morgan fingerprint density at radius 3 is 2.24 bits per heavy atom. The largest absolute Gasteiger partial charge is 0.370 e. The highest BCUT2D eigenvalue weighted by Gasteiger charge is 2.13. The van der Waals surface area contributed by atoms with Gasteiger partial charge in [0.15, 0.2) is 0 Å². The van der Waals surface area contributed by atoms with Crippen LogP contribution in [0, 0.1) is 6.92 Å². The summed E-state index contributed by atoms with van der Waals surface area (Å²) in [6.45, 7) is 11.4. The number of carbonyl (C=O) groups excluding carboxylic acids is 1. The number of nitrogens with zero attached hydrogens (tertiary/aromatic N) is 2. The molecule has 3 N–H and O–H groups in total. The van der Waals surface area contributed by atoms with Crippen molar-refractivity contribution in [2.75, 3.05) is 23.7 Å². The third-order valence-corrected chi connectivity index (χ3v) is 2.79. The van der Waals surface area contributed by atoms with Gasteiger partial charge in [0, 0.05) is 30.6 Å². The first-order valence-electron chi connectivity index (χ1n) is 7.44. The molecule has 1 aromatic heterocycles. The first-order valence-corrected chi connectivity index (χ1v) is 7.44. The van der Waals surface area contributed by atoms with E-state index in [9.17, 15) is 4.79 Å². The monoisotopic (exact) mass is 293 g/mol. The van der Waals surface area contributed by atoms with Gasteiger partial charge in [0.25, 0.3) is 0 Å². The third-order valence-electron chi connectivity index (χ3n) is 2.79. The SMILES string of the molecule is CCCNc1ncnc(NCCC(=O)NC(C)(C)C)c1C. The summed E-state index contributed by atoms with van der Waals surface area (Å²) in [7, 11) is 0. The number of amides is 1. The molecule has 1 rings (SSSR count). The molecule has 0 aliphatic heterocycles. The molecule has 0 unspecified atom stereocenters. The summed E-state index contributed by atoms with van der Waals surface area (Å²) in [4.78, 5) is 20.2. The number of hydrogen-bond acceptors (Lipinski definition) is 5. The fourth-order valence-corrected chi connectivity index (χ4v) is 1.83. The average Bonchev–Trinajstić information content (AvgIpc) is 2.37. The molecule has 0 fully saturated rings. The highest BCUT2D eigenvalue weighted by molar-refractivity contribution is 5.77. The molecule has 1 heterocycles. The number of hydrogen-bond donors (Lipinski definition) is 3. The third kappa shape index (κ3) is 6.42. The van der Waals surface area contributed by atoms with Gasteiger partial charge in [-0.1, -0.05) is 6.92 Å². The van der Waals surface area contributed by atoms with Gasteiger partial charge in [-0.3, -0.25) is 4.79 Å². The highest BCUT2D eigenvalue weighted by Crippen LogP contribution is 2.17. The van der Waals surface area contributed by atoms with Crippen molar-refractivity contribution in [3.63, 3.8) is 0 Å². The van der Waals surface area contributed by atoms with Crippen molar-refractivity contribution in [1.82, 2.24) is 15.3 Å². The molecular weight excluding hydrogens is 266 g/mol. The van der Waals surface area contributed by atoms with Gasteiger partial charge in [0.05, 0.1) is 0 Å². The number of rotatable bonds is 7. The first-order chi connectivity index (χ1) is 9.83. The summed E-state index contributed by atoms with van der Waals surface area (Å²) in [5.41, 5.74) is 0.779. The molecule has 0 aromatic carbocycles. The molecule has 0 saturated heterocycles. The zero-order valence-electron chi connectivity index (χ0n) is 13.7. The van der Waals surface area contributed by atoms with Crippen molar-refractivity contribution in [3.05, 3.63) is 11.9 Å². The van der Waals surface area contributed by atoms with E-state index in [0.29, 0.717) is 13.0 Å². The molecule has 0 aliphatic carbocycles. The molecule has 1 aromatic rings. The minimum Gasteiger partial charge on any atom is -0.370 e. The Bertz CT molecular complexity index is 468. The summed E-state index contributed by atoms with van der Waals surface area (Å²) < 4.78 is 0. The Kier molecular flexibility index (Phi) is 6.39. The second-order valence-electron chi connectivity index (χ2n) is 6.10. The molecule has 1 amide bonds. The number of nitrogens with one attached hydrogen (secondary N) is 3. The molecule has 21 heavy (non-hydrogen) atoms. The zero-order chi connectivity index (χ0) is 15.9.